The third-order valence-corrected chi connectivity index (χ3v) is 5.36. The fourth-order valence-corrected chi connectivity index (χ4v) is 4.52. The molecule has 0 spiro atoms. The summed E-state index contributed by atoms with van der Waals surface area (Å²) in [7, 11) is -3.18. The van der Waals surface area contributed by atoms with E-state index in [1.54, 1.807) is 13.0 Å². The summed E-state index contributed by atoms with van der Waals surface area (Å²) in [6.45, 7) is 2.41. The predicted octanol–water partition coefficient (Wildman–Crippen LogP) is 1.34. The van der Waals surface area contributed by atoms with Crippen LogP contribution in [0.1, 0.15) is 12.5 Å². The molecule has 0 radical (unpaired) electrons. The van der Waals surface area contributed by atoms with E-state index in [9.17, 15) is 13.2 Å². The molecule has 0 bridgehead atoms. The van der Waals surface area contributed by atoms with E-state index >= 15 is 0 Å². The predicted molar refractivity (Wildman–Crippen MR) is 84.7 cm³/mol. The van der Waals surface area contributed by atoms with Crippen molar-refractivity contribution in [2.75, 3.05) is 18.1 Å². The van der Waals surface area contributed by atoms with Crippen molar-refractivity contribution in [2.24, 2.45) is 0 Å². The van der Waals surface area contributed by atoms with Gasteiger partial charge in [-0.05, 0) is 24.6 Å². The summed E-state index contributed by atoms with van der Waals surface area (Å²) < 4.78 is 28.4. The molecule has 22 heavy (non-hydrogen) atoms. The highest BCUT2D eigenvalue weighted by Gasteiger charge is 2.38. The Morgan fingerprint density at radius 2 is 2.09 bits per heavy atom. The lowest BCUT2D eigenvalue weighted by molar-refractivity contribution is 0.147. The molecular weight excluding hydrogens is 328 g/mol. The number of rotatable bonds is 5. The second-order valence-corrected chi connectivity index (χ2v) is 7.76. The quantitative estimate of drug-likeness (QED) is 0.840. The first-order valence-corrected chi connectivity index (χ1v) is 9.21. The molecule has 6 nitrogen and oxygen atoms in total. The van der Waals surface area contributed by atoms with Gasteiger partial charge in [0.15, 0.2) is 9.84 Å². The van der Waals surface area contributed by atoms with Crippen molar-refractivity contribution in [1.29, 1.82) is 0 Å². The largest absolute Gasteiger partial charge is 0.450 e. The van der Waals surface area contributed by atoms with Crippen LogP contribution >= 0.6 is 11.6 Å². The van der Waals surface area contributed by atoms with E-state index in [1.807, 2.05) is 18.2 Å². The van der Waals surface area contributed by atoms with Crippen LogP contribution in [-0.4, -0.2) is 44.7 Å². The standard InChI is InChI=1S/C14H19ClN2O4S/c1-2-21-14(18)17-13-9-22(19,20)8-12(13)16-7-10-4-3-5-11(15)6-10/h3-6,12-13,16H,2,7-9H2,1H3,(H,17,18)/t12-,13-/m0/s1. The van der Waals surface area contributed by atoms with Gasteiger partial charge in [-0.15, -0.1) is 0 Å². The van der Waals surface area contributed by atoms with Gasteiger partial charge >= 0.3 is 6.09 Å². The number of alkyl carbamates (subject to hydrolysis) is 1. The average molecular weight is 347 g/mol. The lowest BCUT2D eigenvalue weighted by Crippen LogP contribution is -2.49. The van der Waals surface area contributed by atoms with Crippen molar-refractivity contribution in [3.05, 3.63) is 34.9 Å². The fraction of sp³-hybridized carbons (Fsp3) is 0.500. The number of amides is 1. The molecular formula is C14H19ClN2O4S. The van der Waals surface area contributed by atoms with Gasteiger partial charge < -0.3 is 15.4 Å². The summed E-state index contributed by atoms with van der Waals surface area (Å²) in [5, 5.41) is 6.40. The molecule has 0 aromatic heterocycles. The number of hydrogen-bond acceptors (Lipinski definition) is 5. The monoisotopic (exact) mass is 346 g/mol. The number of nitrogens with one attached hydrogen (secondary N) is 2. The molecule has 0 aliphatic carbocycles. The van der Waals surface area contributed by atoms with Gasteiger partial charge in [-0.1, -0.05) is 23.7 Å². The Bertz CT molecular complexity index is 635. The maximum absolute atomic E-state index is 11.8. The third kappa shape index (κ3) is 4.86. The van der Waals surface area contributed by atoms with Gasteiger partial charge in [-0.25, -0.2) is 13.2 Å². The van der Waals surface area contributed by atoms with Gasteiger partial charge in [0.05, 0.1) is 24.2 Å². The minimum Gasteiger partial charge on any atom is -0.450 e. The maximum Gasteiger partial charge on any atom is 0.407 e. The molecule has 1 heterocycles. The molecule has 1 fully saturated rings. The van der Waals surface area contributed by atoms with Crippen LogP contribution in [0.2, 0.25) is 5.02 Å². The summed E-state index contributed by atoms with van der Waals surface area (Å²) in [5.41, 5.74) is 0.951. The molecule has 1 aliphatic rings. The van der Waals surface area contributed by atoms with Crippen LogP contribution in [0.25, 0.3) is 0 Å². The highest BCUT2D eigenvalue weighted by molar-refractivity contribution is 7.91. The van der Waals surface area contributed by atoms with Gasteiger partial charge in [0, 0.05) is 17.6 Å². The van der Waals surface area contributed by atoms with Gasteiger partial charge in [-0.3, -0.25) is 0 Å². The van der Waals surface area contributed by atoms with Crippen molar-refractivity contribution >= 4 is 27.5 Å². The lowest BCUT2D eigenvalue weighted by Gasteiger charge is -2.20. The molecule has 0 saturated carbocycles. The number of halogens is 1. The average Bonchev–Trinajstić information content (AvgIpc) is 2.71. The van der Waals surface area contributed by atoms with Crippen LogP contribution in [-0.2, 0) is 21.1 Å². The van der Waals surface area contributed by atoms with Crippen molar-refractivity contribution in [2.45, 2.75) is 25.6 Å². The summed E-state index contributed by atoms with van der Waals surface area (Å²) in [6, 6.07) is 6.47. The number of hydrogen-bond donors (Lipinski definition) is 2. The Balaban J connectivity index is 1.98. The highest BCUT2D eigenvalue weighted by atomic mass is 35.5. The molecule has 2 N–H and O–H groups in total. The minimum absolute atomic E-state index is 0.00929. The summed E-state index contributed by atoms with van der Waals surface area (Å²) >= 11 is 5.92. The Labute approximate surface area is 135 Å². The molecule has 1 aliphatic heterocycles. The molecule has 122 valence electrons. The topological polar surface area (TPSA) is 84.5 Å². The lowest BCUT2D eigenvalue weighted by atomic mass is 10.1. The van der Waals surface area contributed by atoms with Crippen molar-refractivity contribution < 1.29 is 17.9 Å². The molecule has 1 amide bonds. The van der Waals surface area contributed by atoms with Crippen molar-refractivity contribution in [3.63, 3.8) is 0 Å². The molecule has 2 rings (SSSR count). The van der Waals surface area contributed by atoms with E-state index in [0.717, 1.165) is 5.56 Å². The first kappa shape index (κ1) is 17.1. The van der Waals surface area contributed by atoms with Crippen LogP contribution in [0, 0.1) is 0 Å². The SMILES string of the molecule is CCOC(=O)N[C@H]1CS(=O)(=O)C[C@@H]1NCc1cccc(Cl)c1. The maximum atomic E-state index is 11.8. The first-order chi connectivity index (χ1) is 10.4. The number of carbonyl (C=O) groups is 1. The molecule has 1 aromatic rings. The molecule has 1 saturated heterocycles. The van der Waals surface area contributed by atoms with Gasteiger partial charge in [0.25, 0.3) is 0 Å². The second kappa shape index (κ2) is 7.30. The summed E-state index contributed by atoms with van der Waals surface area (Å²) in [6.07, 6.45) is -0.598. The summed E-state index contributed by atoms with van der Waals surface area (Å²) in [5.74, 6) is -0.0936. The zero-order valence-corrected chi connectivity index (χ0v) is 13.8. The van der Waals surface area contributed by atoms with Crippen LogP contribution in [0.15, 0.2) is 24.3 Å². The number of ether oxygens (including phenoxy) is 1. The van der Waals surface area contributed by atoms with Crippen LogP contribution in [0.5, 0.6) is 0 Å². The van der Waals surface area contributed by atoms with Crippen LogP contribution in [0.3, 0.4) is 0 Å². The third-order valence-electron chi connectivity index (χ3n) is 3.39. The van der Waals surface area contributed by atoms with Crippen LogP contribution < -0.4 is 10.6 Å². The van der Waals surface area contributed by atoms with Gasteiger partial charge in [0.2, 0.25) is 0 Å². The molecule has 1 aromatic carbocycles. The first-order valence-electron chi connectivity index (χ1n) is 7.01. The van der Waals surface area contributed by atoms with Crippen molar-refractivity contribution in [3.8, 4) is 0 Å². The van der Waals surface area contributed by atoms with Gasteiger partial charge in [-0.2, -0.15) is 0 Å². The minimum atomic E-state index is -3.18. The fourth-order valence-electron chi connectivity index (χ4n) is 2.41. The van der Waals surface area contributed by atoms with E-state index < -0.39 is 22.0 Å². The zero-order valence-electron chi connectivity index (χ0n) is 12.2. The van der Waals surface area contributed by atoms with E-state index in [0.29, 0.717) is 11.6 Å². The normalized spacial score (nSPS) is 23.2. The Hall–Kier alpha value is -1.31. The smallest absolute Gasteiger partial charge is 0.407 e. The van der Waals surface area contributed by atoms with Crippen LogP contribution in [0.4, 0.5) is 4.79 Å². The van der Waals surface area contributed by atoms with E-state index in [1.165, 1.54) is 0 Å². The Morgan fingerprint density at radius 3 is 2.77 bits per heavy atom. The van der Waals surface area contributed by atoms with E-state index in [4.69, 9.17) is 16.3 Å². The van der Waals surface area contributed by atoms with E-state index in [2.05, 4.69) is 10.6 Å². The Kier molecular flexibility index (Phi) is 5.66. The van der Waals surface area contributed by atoms with Crippen molar-refractivity contribution in [1.82, 2.24) is 10.6 Å². The summed E-state index contributed by atoms with van der Waals surface area (Å²) in [4.78, 5) is 11.5. The number of carbonyl (C=O) groups excluding carboxylic acids is 1. The highest BCUT2D eigenvalue weighted by Crippen LogP contribution is 2.15. The molecule has 8 heteroatoms. The Morgan fingerprint density at radius 1 is 1.36 bits per heavy atom. The zero-order chi connectivity index (χ0) is 16.2. The van der Waals surface area contributed by atoms with Gasteiger partial charge in [0.1, 0.15) is 0 Å². The van der Waals surface area contributed by atoms with E-state index in [-0.39, 0.29) is 24.2 Å². The number of benzene rings is 1. The number of sulfone groups is 1. The molecule has 2 atom stereocenters. The second-order valence-electron chi connectivity index (χ2n) is 5.17. The molecule has 0 unspecified atom stereocenters.